The van der Waals surface area contributed by atoms with Crippen LogP contribution < -0.4 is 5.32 Å². The van der Waals surface area contributed by atoms with Gasteiger partial charge in [-0.1, -0.05) is 13.0 Å². The van der Waals surface area contributed by atoms with Crippen LogP contribution in [0.1, 0.15) is 25.1 Å². The number of nitrogens with one attached hydrogen (secondary N) is 1. The molecule has 27 heavy (non-hydrogen) atoms. The van der Waals surface area contributed by atoms with Crippen LogP contribution in [0.3, 0.4) is 0 Å². The van der Waals surface area contributed by atoms with Gasteiger partial charge in [0.2, 0.25) is 5.89 Å². The number of guanidine groups is 1. The minimum Gasteiger partial charge on any atom is -0.443 e. The van der Waals surface area contributed by atoms with E-state index >= 15 is 0 Å². The van der Waals surface area contributed by atoms with Gasteiger partial charge in [-0.2, -0.15) is 0 Å². The molecular formula is C19H24N6OS. The molecule has 7 nitrogen and oxygen atoms in total. The summed E-state index contributed by atoms with van der Waals surface area (Å²) < 4.78 is 7.80. The highest BCUT2D eigenvalue weighted by molar-refractivity contribution is 7.13. The van der Waals surface area contributed by atoms with Gasteiger partial charge < -0.3 is 19.2 Å². The van der Waals surface area contributed by atoms with Crippen LogP contribution in [0, 0.1) is 5.92 Å². The van der Waals surface area contributed by atoms with Crippen molar-refractivity contribution in [3.8, 4) is 10.8 Å². The number of aromatic nitrogens is 3. The summed E-state index contributed by atoms with van der Waals surface area (Å²) in [5.74, 6) is 2.17. The van der Waals surface area contributed by atoms with Crippen molar-refractivity contribution in [1.82, 2.24) is 24.8 Å². The van der Waals surface area contributed by atoms with Gasteiger partial charge in [0.15, 0.2) is 5.96 Å². The van der Waals surface area contributed by atoms with Crippen molar-refractivity contribution in [2.24, 2.45) is 10.9 Å². The molecule has 0 aromatic carbocycles. The molecule has 0 bridgehead atoms. The Morgan fingerprint density at radius 2 is 2.41 bits per heavy atom. The third kappa shape index (κ3) is 3.90. The standard InChI is InChI=1S/C19H24N6OS/c1-14-5-7-24(11-16(14)25-8-6-21-13-25)19(20-2)22-10-15-12-26-18(23-15)17-4-3-9-27-17/h3-4,6,8-9,12-14,16H,5,7,10-11H2,1-2H3,(H,20,22). The zero-order chi connectivity index (χ0) is 18.6. The highest BCUT2D eigenvalue weighted by Crippen LogP contribution is 2.27. The second kappa shape index (κ2) is 7.96. The van der Waals surface area contributed by atoms with E-state index in [1.54, 1.807) is 17.6 Å². The summed E-state index contributed by atoms with van der Waals surface area (Å²) in [6, 6.07) is 4.41. The van der Waals surface area contributed by atoms with Crippen molar-refractivity contribution >= 4 is 17.3 Å². The molecule has 8 heteroatoms. The summed E-state index contributed by atoms with van der Waals surface area (Å²) in [7, 11) is 1.83. The van der Waals surface area contributed by atoms with Crippen LogP contribution in [-0.4, -0.2) is 45.5 Å². The third-order valence-corrected chi connectivity index (χ3v) is 5.91. The van der Waals surface area contributed by atoms with Gasteiger partial charge >= 0.3 is 0 Å². The molecule has 0 amide bonds. The van der Waals surface area contributed by atoms with Gasteiger partial charge in [-0.15, -0.1) is 11.3 Å². The minimum atomic E-state index is 0.400. The number of imidazole rings is 1. The molecule has 1 aliphatic rings. The van der Waals surface area contributed by atoms with Crippen molar-refractivity contribution in [2.45, 2.75) is 25.9 Å². The molecule has 0 aliphatic carbocycles. The highest BCUT2D eigenvalue weighted by atomic mass is 32.1. The fraction of sp³-hybridized carbons (Fsp3) is 0.421. The number of thiophene rings is 1. The quantitative estimate of drug-likeness (QED) is 0.552. The Morgan fingerprint density at radius 1 is 1.48 bits per heavy atom. The topological polar surface area (TPSA) is 71.5 Å². The maximum absolute atomic E-state index is 5.60. The molecule has 4 rings (SSSR count). The molecule has 1 saturated heterocycles. The molecule has 4 heterocycles. The van der Waals surface area contributed by atoms with E-state index in [9.17, 15) is 0 Å². The predicted molar refractivity (Wildman–Crippen MR) is 107 cm³/mol. The van der Waals surface area contributed by atoms with Gasteiger partial charge in [-0.25, -0.2) is 9.97 Å². The first-order valence-electron chi connectivity index (χ1n) is 9.16. The summed E-state index contributed by atoms with van der Waals surface area (Å²) in [5.41, 5.74) is 0.871. The first-order chi connectivity index (χ1) is 13.2. The lowest BCUT2D eigenvalue weighted by molar-refractivity contribution is 0.189. The van der Waals surface area contributed by atoms with Gasteiger partial charge in [0.05, 0.1) is 29.5 Å². The van der Waals surface area contributed by atoms with Gasteiger partial charge in [0.25, 0.3) is 0 Å². The SMILES string of the molecule is CN=C(NCc1coc(-c2cccs2)n1)N1CCC(C)C(n2ccnc2)C1. The summed E-state index contributed by atoms with van der Waals surface area (Å²) in [6.07, 6.45) is 8.62. The highest BCUT2D eigenvalue weighted by Gasteiger charge is 2.28. The van der Waals surface area contributed by atoms with Crippen molar-refractivity contribution < 1.29 is 4.42 Å². The average Bonchev–Trinajstić information content (AvgIpc) is 3.45. The molecule has 2 unspecified atom stereocenters. The maximum atomic E-state index is 5.60. The molecule has 0 saturated carbocycles. The van der Waals surface area contributed by atoms with Crippen LogP contribution in [0.5, 0.6) is 0 Å². The van der Waals surface area contributed by atoms with Crippen LogP contribution in [0.15, 0.2) is 51.9 Å². The van der Waals surface area contributed by atoms with Crippen LogP contribution >= 0.6 is 11.3 Å². The van der Waals surface area contributed by atoms with E-state index in [1.165, 1.54) is 0 Å². The summed E-state index contributed by atoms with van der Waals surface area (Å²) in [5, 5.41) is 5.45. The van der Waals surface area contributed by atoms with E-state index in [0.717, 1.165) is 36.0 Å². The summed E-state index contributed by atoms with van der Waals surface area (Å²) in [6.45, 7) is 4.80. The number of aliphatic imine (C=N–C) groups is 1. The van der Waals surface area contributed by atoms with E-state index in [0.29, 0.717) is 24.4 Å². The molecule has 0 spiro atoms. The second-order valence-electron chi connectivity index (χ2n) is 6.81. The van der Waals surface area contributed by atoms with Gasteiger partial charge in [0, 0.05) is 32.5 Å². The zero-order valence-electron chi connectivity index (χ0n) is 15.6. The Labute approximate surface area is 162 Å². The van der Waals surface area contributed by atoms with E-state index < -0.39 is 0 Å². The van der Waals surface area contributed by atoms with Gasteiger partial charge in [-0.05, 0) is 23.8 Å². The molecule has 1 aliphatic heterocycles. The number of rotatable bonds is 4. The van der Waals surface area contributed by atoms with Crippen molar-refractivity contribution in [3.63, 3.8) is 0 Å². The summed E-state index contributed by atoms with van der Waals surface area (Å²) >= 11 is 1.62. The smallest absolute Gasteiger partial charge is 0.236 e. The van der Waals surface area contributed by atoms with Crippen LogP contribution in [-0.2, 0) is 6.54 Å². The Kier molecular flexibility index (Phi) is 5.24. The number of nitrogens with zero attached hydrogens (tertiary/aromatic N) is 5. The third-order valence-electron chi connectivity index (χ3n) is 5.05. The number of likely N-dealkylation sites (tertiary alicyclic amines) is 1. The summed E-state index contributed by atoms with van der Waals surface area (Å²) in [4.78, 5) is 16.6. The minimum absolute atomic E-state index is 0.400. The van der Waals surface area contributed by atoms with E-state index in [1.807, 2.05) is 43.3 Å². The predicted octanol–water partition coefficient (Wildman–Crippen LogP) is 3.26. The Balaban J connectivity index is 1.39. The Hall–Kier alpha value is -2.61. The van der Waals surface area contributed by atoms with Crippen molar-refractivity contribution in [1.29, 1.82) is 0 Å². The second-order valence-corrected chi connectivity index (χ2v) is 7.76. The largest absolute Gasteiger partial charge is 0.443 e. The lowest BCUT2D eigenvalue weighted by atomic mass is 9.93. The van der Waals surface area contributed by atoms with Gasteiger partial charge in [-0.3, -0.25) is 4.99 Å². The van der Waals surface area contributed by atoms with Gasteiger partial charge in [0.1, 0.15) is 6.26 Å². The number of oxazole rings is 1. The first-order valence-corrected chi connectivity index (χ1v) is 10.0. The Bertz CT molecular complexity index is 870. The fourth-order valence-electron chi connectivity index (χ4n) is 3.50. The zero-order valence-corrected chi connectivity index (χ0v) is 16.4. The maximum Gasteiger partial charge on any atom is 0.236 e. The molecule has 3 aromatic rings. The number of piperidine rings is 1. The molecule has 1 fully saturated rings. The average molecular weight is 385 g/mol. The first kappa shape index (κ1) is 17.8. The van der Waals surface area contributed by atoms with Crippen molar-refractivity contribution in [2.75, 3.05) is 20.1 Å². The monoisotopic (exact) mass is 384 g/mol. The fourth-order valence-corrected chi connectivity index (χ4v) is 4.15. The van der Waals surface area contributed by atoms with Crippen molar-refractivity contribution in [3.05, 3.63) is 48.2 Å². The molecule has 1 N–H and O–H groups in total. The normalized spacial score (nSPS) is 20.8. The van der Waals surface area contributed by atoms with E-state index in [-0.39, 0.29) is 0 Å². The molecule has 2 atom stereocenters. The van der Waals surface area contributed by atoms with Crippen LogP contribution in [0.25, 0.3) is 10.8 Å². The number of hydrogen-bond acceptors (Lipinski definition) is 5. The van der Waals surface area contributed by atoms with E-state index in [4.69, 9.17) is 4.42 Å². The Morgan fingerprint density at radius 3 is 3.15 bits per heavy atom. The molecule has 142 valence electrons. The lowest BCUT2D eigenvalue weighted by Crippen LogP contribution is -2.48. The van der Waals surface area contributed by atoms with E-state index in [2.05, 4.69) is 36.7 Å². The molecule has 0 radical (unpaired) electrons. The molecular weight excluding hydrogens is 360 g/mol. The van der Waals surface area contributed by atoms with Crippen LogP contribution in [0.2, 0.25) is 0 Å². The lowest BCUT2D eigenvalue weighted by Gasteiger charge is -2.39. The molecule has 3 aromatic heterocycles. The number of hydrogen-bond donors (Lipinski definition) is 1. The van der Waals surface area contributed by atoms with Crippen LogP contribution in [0.4, 0.5) is 0 Å².